The van der Waals surface area contributed by atoms with Crippen LogP contribution in [-0.4, -0.2) is 30.5 Å². The van der Waals surface area contributed by atoms with Gasteiger partial charge in [-0.25, -0.2) is 4.28 Å². The van der Waals surface area contributed by atoms with Gasteiger partial charge in [-0.15, -0.1) is 0 Å². The van der Waals surface area contributed by atoms with E-state index in [4.69, 9.17) is 16.0 Å². The summed E-state index contributed by atoms with van der Waals surface area (Å²) < 4.78 is 34.9. The number of benzene rings is 1. The van der Waals surface area contributed by atoms with Crippen molar-refractivity contribution in [1.29, 1.82) is 0 Å². The molecule has 1 heterocycles. The van der Waals surface area contributed by atoms with Crippen molar-refractivity contribution in [1.82, 2.24) is 4.98 Å². The highest BCUT2D eigenvalue weighted by Gasteiger charge is 2.21. The zero-order valence-corrected chi connectivity index (χ0v) is 13.0. The van der Waals surface area contributed by atoms with Crippen LogP contribution in [0.25, 0.3) is 0 Å². The molecule has 0 amide bonds. The van der Waals surface area contributed by atoms with Crippen molar-refractivity contribution in [3.05, 3.63) is 42.0 Å². The second-order valence-corrected chi connectivity index (χ2v) is 5.54. The maximum atomic E-state index is 10.7. The van der Waals surface area contributed by atoms with Gasteiger partial charge in [-0.05, 0) is 10.3 Å². The van der Waals surface area contributed by atoms with Crippen LogP contribution in [0.4, 0.5) is 17.6 Å². The number of hydrogen-bond donors (Lipinski definition) is 3. The van der Waals surface area contributed by atoms with Crippen molar-refractivity contribution < 1.29 is 27.5 Å². The first-order valence-corrected chi connectivity index (χ1v) is 7.53. The minimum Gasteiger partial charge on any atom is -0.870 e. The van der Waals surface area contributed by atoms with E-state index in [0.717, 1.165) is 5.56 Å². The number of aromatic nitrogens is 2. The number of nitrogen functional groups attached to an aromatic ring is 2. The Hall–Kier alpha value is -2.63. The number of rotatable bonds is 5. The van der Waals surface area contributed by atoms with Gasteiger partial charge in [0.2, 0.25) is 5.82 Å². The molecule has 0 spiro atoms. The fourth-order valence-corrected chi connectivity index (χ4v) is 2.18. The predicted molar refractivity (Wildman–Crippen MR) is 81.9 cm³/mol. The van der Waals surface area contributed by atoms with Crippen LogP contribution in [0, 0.1) is 0 Å². The van der Waals surface area contributed by atoms with E-state index in [1.807, 2.05) is 30.3 Å². The number of hydrogen-bond acceptors (Lipinski definition) is 8. The Morgan fingerprint density at radius 2 is 1.91 bits per heavy atom. The molecule has 0 radical (unpaired) electrons. The smallest absolute Gasteiger partial charge is 0.474 e. The molecule has 0 fully saturated rings. The highest BCUT2D eigenvalue weighted by molar-refractivity contribution is 7.80. The van der Waals surface area contributed by atoms with Crippen LogP contribution in [-0.2, 0) is 16.9 Å². The van der Waals surface area contributed by atoms with Crippen LogP contribution in [0.3, 0.4) is 0 Å². The first-order valence-electron chi connectivity index (χ1n) is 6.17. The third-order valence-corrected chi connectivity index (χ3v) is 3.11. The summed E-state index contributed by atoms with van der Waals surface area (Å²) in [5, 5.41) is 0. The Labute approximate surface area is 133 Å². The molecular formula is C12H17N5O5S. The van der Waals surface area contributed by atoms with Gasteiger partial charge in [-0.2, -0.15) is 8.42 Å². The fraction of sp³-hybridized carbons (Fsp3) is 0.167. The predicted octanol–water partition coefficient (Wildman–Crippen LogP) is -0.775. The number of nitrogens with zero attached hydrogens (tertiary/aromatic N) is 3. The summed E-state index contributed by atoms with van der Waals surface area (Å²) in [7, 11) is -2.97. The van der Waals surface area contributed by atoms with Gasteiger partial charge in [-0.3, -0.25) is 4.55 Å². The molecule has 0 saturated heterocycles. The molecule has 1 aromatic carbocycles. The lowest BCUT2D eigenvalue weighted by atomic mass is 10.2. The molecule has 1 aromatic heterocycles. The summed E-state index contributed by atoms with van der Waals surface area (Å²) in [6, 6.07) is 11.0. The topological polar surface area (TPSA) is 166 Å². The van der Waals surface area contributed by atoms with E-state index in [1.165, 1.54) is 6.07 Å². The van der Waals surface area contributed by atoms with E-state index >= 15 is 0 Å². The van der Waals surface area contributed by atoms with Gasteiger partial charge in [0.1, 0.15) is 0 Å². The minimum atomic E-state index is -4.75. The average molecular weight is 343 g/mol. The van der Waals surface area contributed by atoms with Crippen LogP contribution in [0.5, 0.6) is 0 Å². The van der Waals surface area contributed by atoms with Crippen LogP contribution < -0.4 is 25.4 Å². The standard InChI is InChI=1S/C12H15N5O4S.H2O/c1-16(8-9-5-3-2-4-6-9)11-7-10(13)17(12(14)15-11)21-22(18,19)20;/h2-7H,8H2,1H3,(H4,13,14,15,18,19,20);1H2. The van der Waals surface area contributed by atoms with Crippen LogP contribution in [0.2, 0.25) is 0 Å². The highest BCUT2D eigenvalue weighted by Crippen LogP contribution is 2.15. The molecule has 10 nitrogen and oxygen atoms in total. The van der Waals surface area contributed by atoms with E-state index in [1.54, 1.807) is 11.9 Å². The van der Waals surface area contributed by atoms with Gasteiger partial charge >= 0.3 is 16.3 Å². The Bertz CT molecular complexity index is 746. The fourth-order valence-electron chi connectivity index (χ4n) is 1.83. The summed E-state index contributed by atoms with van der Waals surface area (Å²) >= 11 is 0. The third kappa shape index (κ3) is 4.95. The third-order valence-electron chi connectivity index (χ3n) is 2.77. The lowest BCUT2D eigenvalue weighted by Gasteiger charge is -2.17. The van der Waals surface area contributed by atoms with Gasteiger partial charge in [-0.1, -0.05) is 35.3 Å². The molecule has 11 heteroatoms. The molecule has 0 saturated carbocycles. The maximum Gasteiger partial charge on any atom is 0.474 e. The first-order chi connectivity index (χ1) is 10.3. The Kier molecular flexibility index (Phi) is 5.68. The molecule has 2 aromatic rings. The van der Waals surface area contributed by atoms with Gasteiger partial charge < -0.3 is 21.8 Å². The second kappa shape index (κ2) is 7.09. The zero-order chi connectivity index (χ0) is 16.3. The number of anilines is 3. The van der Waals surface area contributed by atoms with Crippen molar-refractivity contribution in [2.24, 2.45) is 0 Å². The highest BCUT2D eigenvalue weighted by atomic mass is 32.3. The quantitative estimate of drug-likeness (QED) is 0.466. The summed E-state index contributed by atoms with van der Waals surface area (Å²) in [6.07, 6.45) is 0. The average Bonchev–Trinajstić information content (AvgIpc) is 2.42. The summed E-state index contributed by atoms with van der Waals surface area (Å²) in [6.45, 7) is 0.551. The van der Waals surface area contributed by atoms with Crippen LogP contribution in [0.15, 0.2) is 36.4 Å². The molecule has 0 bridgehead atoms. The van der Waals surface area contributed by atoms with E-state index in [-0.39, 0.29) is 17.2 Å². The molecular weight excluding hydrogens is 326 g/mol. The Morgan fingerprint density at radius 3 is 2.43 bits per heavy atom. The van der Waals surface area contributed by atoms with Crippen molar-refractivity contribution in [2.75, 3.05) is 23.4 Å². The molecule has 0 aliphatic carbocycles. The normalized spacial score (nSPS) is 10.7. The Balaban J connectivity index is 0.00000264. The Morgan fingerprint density at radius 1 is 1.30 bits per heavy atom. The van der Waals surface area contributed by atoms with Crippen molar-refractivity contribution in [2.45, 2.75) is 6.54 Å². The van der Waals surface area contributed by atoms with Gasteiger partial charge in [0.25, 0.3) is 0 Å². The van der Waals surface area contributed by atoms with Gasteiger partial charge in [0, 0.05) is 13.6 Å². The van der Waals surface area contributed by atoms with Crippen molar-refractivity contribution in [3.8, 4) is 0 Å². The van der Waals surface area contributed by atoms with Crippen molar-refractivity contribution in [3.63, 3.8) is 0 Å². The zero-order valence-electron chi connectivity index (χ0n) is 12.2. The first kappa shape index (κ1) is 18.4. The lowest BCUT2D eigenvalue weighted by molar-refractivity contribution is -0.835. The number of nitrogens with two attached hydrogens (primary N) is 2. The molecule has 0 aliphatic rings. The molecule has 23 heavy (non-hydrogen) atoms. The summed E-state index contributed by atoms with van der Waals surface area (Å²) in [5.74, 6) is -0.0124. The molecule has 0 atom stereocenters. The molecule has 0 aliphatic heterocycles. The minimum absolute atomic E-state index is 0. The van der Waals surface area contributed by atoms with E-state index < -0.39 is 10.4 Å². The van der Waals surface area contributed by atoms with Crippen molar-refractivity contribution >= 4 is 28.0 Å². The molecule has 126 valence electrons. The van der Waals surface area contributed by atoms with E-state index in [2.05, 4.69) is 9.27 Å². The van der Waals surface area contributed by atoms with Gasteiger partial charge in [0.05, 0.1) is 6.07 Å². The van der Waals surface area contributed by atoms with E-state index in [0.29, 0.717) is 17.1 Å². The second-order valence-electron chi connectivity index (χ2n) is 4.54. The largest absolute Gasteiger partial charge is 0.870 e. The monoisotopic (exact) mass is 343 g/mol. The maximum absolute atomic E-state index is 10.7. The van der Waals surface area contributed by atoms with E-state index in [9.17, 15) is 8.42 Å². The summed E-state index contributed by atoms with van der Waals surface area (Å²) in [5.41, 5.74) is 12.3. The molecule has 6 N–H and O–H groups in total. The molecule has 2 rings (SSSR count). The molecule has 0 unspecified atom stereocenters. The van der Waals surface area contributed by atoms with Crippen LogP contribution in [0.1, 0.15) is 5.56 Å². The lowest BCUT2D eigenvalue weighted by Crippen LogP contribution is -2.50. The SMILES string of the molecule is CN(Cc1ccccc1)c1cc(N)[n+](OS(=O)(=O)O)c(N)n1.[OH-]. The summed E-state index contributed by atoms with van der Waals surface area (Å²) in [4.78, 5) is 5.78. The van der Waals surface area contributed by atoms with Gasteiger partial charge in [0.15, 0.2) is 5.82 Å². The van der Waals surface area contributed by atoms with Crippen LogP contribution >= 0.6 is 0 Å².